The van der Waals surface area contributed by atoms with Crippen LogP contribution in [0.5, 0.6) is 5.75 Å². The Kier molecular flexibility index (Phi) is 5.98. The summed E-state index contributed by atoms with van der Waals surface area (Å²) in [6.07, 6.45) is 1.53. The largest absolute Gasteiger partial charge is 0.497 e. The second kappa shape index (κ2) is 8.41. The molecule has 1 aliphatic rings. The lowest BCUT2D eigenvalue weighted by atomic mass is 9.96. The van der Waals surface area contributed by atoms with E-state index >= 15 is 0 Å². The summed E-state index contributed by atoms with van der Waals surface area (Å²) < 4.78 is 5.20. The van der Waals surface area contributed by atoms with E-state index in [0.717, 1.165) is 22.6 Å². The SMILES string of the molecule is COc1ccc(-c2ccccc2NC(=O)N2CCCC(O)(CO)CC2)cc1. The Morgan fingerprint density at radius 2 is 1.89 bits per heavy atom. The first-order valence-corrected chi connectivity index (χ1v) is 9.17. The quantitative estimate of drug-likeness (QED) is 0.772. The fourth-order valence-corrected chi connectivity index (χ4v) is 3.35. The summed E-state index contributed by atoms with van der Waals surface area (Å²) in [4.78, 5) is 14.4. The van der Waals surface area contributed by atoms with Crippen molar-refractivity contribution in [2.45, 2.75) is 24.9 Å². The number of nitrogens with zero attached hydrogens (tertiary/aromatic N) is 1. The number of carbonyl (C=O) groups excluding carboxylic acids is 1. The van der Waals surface area contributed by atoms with Crippen LogP contribution in [-0.4, -0.2) is 53.6 Å². The maximum Gasteiger partial charge on any atom is 0.321 e. The standard InChI is InChI=1S/C21H26N2O4/c1-27-17-9-7-16(8-10-17)18-5-2-3-6-19(18)22-20(25)23-13-4-11-21(26,15-24)12-14-23/h2-3,5-10,24,26H,4,11-15H2,1H3,(H,22,25). The van der Waals surface area contributed by atoms with Gasteiger partial charge in [-0.05, 0) is 43.0 Å². The topological polar surface area (TPSA) is 82.0 Å². The summed E-state index contributed by atoms with van der Waals surface area (Å²) >= 11 is 0. The molecule has 0 aliphatic carbocycles. The Morgan fingerprint density at radius 3 is 2.59 bits per heavy atom. The van der Waals surface area contributed by atoms with Crippen molar-refractivity contribution in [3.63, 3.8) is 0 Å². The van der Waals surface area contributed by atoms with E-state index in [9.17, 15) is 15.0 Å². The smallest absolute Gasteiger partial charge is 0.321 e. The second-order valence-electron chi connectivity index (χ2n) is 6.93. The number of benzene rings is 2. The van der Waals surface area contributed by atoms with Crippen LogP contribution >= 0.6 is 0 Å². The van der Waals surface area contributed by atoms with E-state index in [1.54, 1.807) is 12.0 Å². The monoisotopic (exact) mass is 370 g/mol. The van der Waals surface area contributed by atoms with Crippen LogP contribution in [-0.2, 0) is 0 Å². The molecule has 2 aromatic rings. The molecule has 1 fully saturated rings. The number of aliphatic hydroxyl groups excluding tert-OH is 1. The Bertz CT molecular complexity index is 778. The fraction of sp³-hybridized carbons (Fsp3) is 0.381. The molecule has 2 aromatic carbocycles. The first kappa shape index (κ1) is 19.2. The number of hydrogen-bond acceptors (Lipinski definition) is 4. The molecule has 6 nitrogen and oxygen atoms in total. The number of para-hydroxylation sites is 1. The fourth-order valence-electron chi connectivity index (χ4n) is 3.35. The van der Waals surface area contributed by atoms with Gasteiger partial charge < -0.3 is 25.2 Å². The van der Waals surface area contributed by atoms with E-state index in [4.69, 9.17) is 4.74 Å². The number of carbonyl (C=O) groups is 1. The molecule has 0 saturated carbocycles. The molecule has 0 aromatic heterocycles. The highest BCUT2D eigenvalue weighted by molar-refractivity contribution is 5.94. The summed E-state index contributed by atoms with van der Waals surface area (Å²) in [7, 11) is 1.63. The maximum atomic E-state index is 12.8. The molecule has 0 bridgehead atoms. The molecule has 1 saturated heterocycles. The minimum atomic E-state index is -1.09. The molecule has 2 amide bonds. The average molecular weight is 370 g/mol. The van der Waals surface area contributed by atoms with Crippen molar-refractivity contribution in [1.82, 2.24) is 4.90 Å². The lowest BCUT2D eigenvalue weighted by Gasteiger charge is -2.25. The van der Waals surface area contributed by atoms with Gasteiger partial charge in [-0.15, -0.1) is 0 Å². The van der Waals surface area contributed by atoms with Gasteiger partial charge in [0.05, 0.1) is 25.0 Å². The van der Waals surface area contributed by atoms with Crippen LogP contribution in [0.4, 0.5) is 10.5 Å². The lowest BCUT2D eigenvalue weighted by molar-refractivity contribution is -0.0247. The molecule has 1 atom stereocenters. The number of anilines is 1. The van der Waals surface area contributed by atoms with Gasteiger partial charge in [-0.25, -0.2) is 4.79 Å². The molecule has 0 radical (unpaired) electrons. The number of hydrogen-bond donors (Lipinski definition) is 3. The van der Waals surface area contributed by atoms with Crippen molar-refractivity contribution >= 4 is 11.7 Å². The van der Waals surface area contributed by atoms with Crippen LogP contribution in [0.3, 0.4) is 0 Å². The van der Waals surface area contributed by atoms with Gasteiger partial charge in [-0.1, -0.05) is 30.3 Å². The number of nitrogens with one attached hydrogen (secondary N) is 1. The van der Waals surface area contributed by atoms with E-state index < -0.39 is 5.60 Å². The molecule has 1 aliphatic heterocycles. The molecular formula is C21H26N2O4. The lowest BCUT2D eigenvalue weighted by Crippen LogP contribution is -2.38. The third kappa shape index (κ3) is 4.59. The molecular weight excluding hydrogens is 344 g/mol. The van der Waals surface area contributed by atoms with Crippen molar-refractivity contribution in [3.05, 3.63) is 48.5 Å². The van der Waals surface area contributed by atoms with E-state index in [1.165, 1.54) is 0 Å². The van der Waals surface area contributed by atoms with Crippen molar-refractivity contribution in [3.8, 4) is 16.9 Å². The summed E-state index contributed by atoms with van der Waals surface area (Å²) in [6, 6.07) is 15.1. The number of urea groups is 1. The van der Waals surface area contributed by atoms with Gasteiger partial charge in [0.25, 0.3) is 0 Å². The predicted molar refractivity (Wildman–Crippen MR) is 105 cm³/mol. The Balaban J connectivity index is 1.74. The maximum absolute atomic E-state index is 12.8. The molecule has 1 unspecified atom stereocenters. The van der Waals surface area contributed by atoms with Gasteiger partial charge in [0.2, 0.25) is 0 Å². The van der Waals surface area contributed by atoms with Crippen molar-refractivity contribution in [1.29, 1.82) is 0 Å². The molecule has 3 rings (SSSR count). The minimum Gasteiger partial charge on any atom is -0.497 e. The molecule has 0 spiro atoms. The van der Waals surface area contributed by atoms with Crippen molar-refractivity contribution < 1.29 is 19.7 Å². The van der Waals surface area contributed by atoms with E-state index in [0.29, 0.717) is 32.4 Å². The van der Waals surface area contributed by atoms with E-state index in [-0.39, 0.29) is 12.6 Å². The highest BCUT2D eigenvalue weighted by Gasteiger charge is 2.30. The average Bonchev–Trinajstić information content (AvgIpc) is 2.91. The molecule has 1 heterocycles. The number of amides is 2. The van der Waals surface area contributed by atoms with Crippen LogP contribution in [0.15, 0.2) is 48.5 Å². The molecule has 144 valence electrons. The Morgan fingerprint density at radius 1 is 1.15 bits per heavy atom. The van der Waals surface area contributed by atoms with Crippen LogP contribution in [0.1, 0.15) is 19.3 Å². The third-order valence-electron chi connectivity index (χ3n) is 5.07. The first-order valence-electron chi connectivity index (χ1n) is 9.17. The Hall–Kier alpha value is -2.57. The van der Waals surface area contributed by atoms with Crippen LogP contribution in [0.25, 0.3) is 11.1 Å². The summed E-state index contributed by atoms with van der Waals surface area (Å²) in [5, 5.41) is 22.6. The first-order chi connectivity index (χ1) is 13.0. The van der Waals surface area contributed by atoms with E-state index in [1.807, 2.05) is 48.5 Å². The van der Waals surface area contributed by atoms with Gasteiger partial charge in [0, 0.05) is 18.7 Å². The zero-order chi connectivity index (χ0) is 19.3. The van der Waals surface area contributed by atoms with Gasteiger partial charge in [0.1, 0.15) is 5.75 Å². The number of rotatable bonds is 4. The molecule has 6 heteroatoms. The minimum absolute atomic E-state index is 0.196. The Labute approximate surface area is 159 Å². The highest BCUT2D eigenvalue weighted by atomic mass is 16.5. The number of ether oxygens (including phenoxy) is 1. The van der Waals surface area contributed by atoms with Gasteiger partial charge >= 0.3 is 6.03 Å². The zero-order valence-electron chi connectivity index (χ0n) is 15.5. The summed E-state index contributed by atoms with van der Waals surface area (Å²) in [5.41, 5.74) is 1.55. The summed E-state index contributed by atoms with van der Waals surface area (Å²) in [5.74, 6) is 0.779. The zero-order valence-corrected chi connectivity index (χ0v) is 15.5. The summed E-state index contributed by atoms with van der Waals surface area (Å²) in [6.45, 7) is 0.690. The van der Waals surface area contributed by atoms with E-state index in [2.05, 4.69) is 5.32 Å². The van der Waals surface area contributed by atoms with Crippen LogP contribution < -0.4 is 10.1 Å². The third-order valence-corrected chi connectivity index (χ3v) is 5.07. The van der Waals surface area contributed by atoms with Gasteiger partial charge in [-0.3, -0.25) is 0 Å². The highest BCUT2D eigenvalue weighted by Crippen LogP contribution is 2.30. The predicted octanol–water partition coefficient (Wildman–Crippen LogP) is 3.10. The molecule has 27 heavy (non-hydrogen) atoms. The van der Waals surface area contributed by atoms with Crippen LogP contribution in [0, 0.1) is 0 Å². The van der Waals surface area contributed by atoms with Gasteiger partial charge in [0.15, 0.2) is 0 Å². The van der Waals surface area contributed by atoms with Crippen molar-refractivity contribution in [2.75, 3.05) is 32.1 Å². The van der Waals surface area contributed by atoms with Crippen molar-refractivity contribution in [2.24, 2.45) is 0 Å². The number of methoxy groups -OCH3 is 1. The van der Waals surface area contributed by atoms with Gasteiger partial charge in [-0.2, -0.15) is 0 Å². The second-order valence-corrected chi connectivity index (χ2v) is 6.93. The number of aliphatic hydroxyl groups is 2. The number of likely N-dealkylation sites (tertiary alicyclic amines) is 1. The molecule has 3 N–H and O–H groups in total. The normalized spacial score (nSPS) is 20.0. The van der Waals surface area contributed by atoms with Crippen LogP contribution in [0.2, 0.25) is 0 Å².